The first-order chi connectivity index (χ1) is 14.2. The van der Waals surface area contributed by atoms with Crippen molar-refractivity contribution in [3.8, 4) is 0 Å². The van der Waals surface area contributed by atoms with Gasteiger partial charge in [-0.2, -0.15) is 0 Å². The Bertz CT molecular complexity index is 879. The largest absolute Gasteiger partial charge is 0.494 e. The first kappa shape index (κ1) is 20.9. The molecule has 1 aliphatic carbocycles. The van der Waals surface area contributed by atoms with Crippen LogP contribution >= 0.6 is 0 Å². The molecule has 1 heterocycles. The van der Waals surface area contributed by atoms with E-state index < -0.39 is 7.12 Å². The molecule has 4 rings (SSSR count). The molecule has 1 aliphatic heterocycles. The summed E-state index contributed by atoms with van der Waals surface area (Å²) in [5.41, 5.74) is 2.25. The second kappa shape index (κ2) is 8.08. The standard InChI is InChI=1S/C24H30BNO4/c1-23(2)24(3,4)30-25(29-23)20-12-8-11-19(15-20)16-26(21-13-14-21)22(27)28-17-18-9-6-5-7-10-18/h5-12,15,21H,13-14,16-17H2,1-4H3. The number of hydrogen-bond acceptors (Lipinski definition) is 4. The van der Waals surface area contributed by atoms with Gasteiger partial charge in [0.1, 0.15) is 6.61 Å². The average molecular weight is 407 g/mol. The second-order valence-corrected chi connectivity index (χ2v) is 9.23. The van der Waals surface area contributed by atoms with E-state index in [4.69, 9.17) is 14.0 Å². The van der Waals surface area contributed by atoms with E-state index in [1.165, 1.54) is 0 Å². The van der Waals surface area contributed by atoms with Crippen LogP contribution in [-0.2, 0) is 27.2 Å². The minimum absolute atomic E-state index is 0.258. The Hall–Kier alpha value is -2.31. The van der Waals surface area contributed by atoms with Crippen LogP contribution in [0.25, 0.3) is 0 Å². The van der Waals surface area contributed by atoms with Crippen molar-refractivity contribution in [1.29, 1.82) is 0 Å². The highest BCUT2D eigenvalue weighted by atomic mass is 16.7. The minimum Gasteiger partial charge on any atom is -0.445 e. The molecule has 1 saturated carbocycles. The van der Waals surface area contributed by atoms with E-state index in [0.29, 0.717) is 6.54 Å². The van der Waals surface area contributed by atoms with Crippen LogP contribution < -0.4 is 5.46 Å². The quantitative estimate of drug-likeness (QED) is 0.671. The molecule has 0 radical (unpaired) electrons. The Labute approximate surface area is 179 Å². The number of hydrogen-bond donors (Lipinski definition) is 0. The predicted molar refractivity (Wildman–Crippen MR) is 117 cm³/mol. The van der Waals surface area contributed by atoms with Crippen molar-refractivity contribution in [3.05, 3.63) is 65.7 Å². The first-order valence-electron chi connectivity index (χ1n) is 10.7. The van der Waals surface area contributed by atoms with Crippen LogP contribution in [0.4, 0.5) is 4.79 Å². The van der Waals surface area contributed by atoms with Gasteiger partial charge in [0.15, 0.2) is 0 Å². The lowest BCUT2D eigenvalue weighted by atomic mass is 9.78. The van der Waals surface area contributed by atoms with Gasteiger partial charge in [-0.05, 0) is 57.1 Å². The van der Waals surface area contributed by atoms with Crippen molar-refractivity contribution < 1.29 is 18.8 Å². The van der Waals surface area contributed by atoms with Gasteiger partial charge in [0.25, 0.3) is 0 Å². The number of nitrogens with zero attached hydrogens (tertiary/aromatic N) is 1. The molecular formula is C24H30BNO4. The van der Waals surface area contributed by atoms with E-state index >= 15 is 0 Å². The summed E-state index contributed by atoms with van der Waals surface area (Å²) in [7, 11) is -0.408. The average Bonchev–Trinajstić information content (AvgIpc) is 3.52. The summed E-state index contributed by atoms with van der Waals surface area (Å²) in [5.74, 6) is 0. The zero-order chi connectivity index (χ0) is 21.4. The molecule has 0 aromatic heterocycles. The van der Waals surface area contributed by atoms with Gasteiger partial charge in [-0.25, -0.2) is 4.79 Å². The maximum Gasteiger partial charge on any atom is 0.494 e. The minimum atomic E-state index is -0.408. The molecule has 158 valence electrons. The zero-order valence-electron chi connectivity index (χ0n) is 18.3. The summed E-state index contributed by atoms with van der Waals surface area (Å²) in [6.45, 7) is 9.01. The summed E-state index contributed by atoms with van der Waals surface area (Å²) in [4.78, 5) is 14.6. The van der Waals surface area contributed by atoms with Crippen LogP contribution in [0.15, 0.2) is 54.6 Å². The van der Waals surface area contributed by atoms with Gasteiger partial charge >= 0.3 is 13.2 Å². The number of rotatable bonds is 6. The van der Waals surface area contributed by atoms with Crippen LogP contribution in [0.5, 0.6) is 0 Å². The van der Waals surface area contributed by atoms with E-state index in [-0.39, 0.29) is 29.9 Å². The van der Waals surface area contributed by atoms with E-state index in [2.05, 4.69) is 33.8 Å². The Kier molecular flexibility index (Phi) is 5.64. The lowest BCUT2D eigenvalue weighted by molar-refractivity contribution is 0.00578. The van der Waals surface area contributed by atoms with Gasteiger partial charge in [-0.15, -0.1) is 0 Å². The summed E-state index contributed by atoms with van der Waals surface area (Å²) in [6.07, 6.45) is 1.79. The third-order valence-electron chi connectivity index (χ3n) is 6.26. The fourth-order valence-electron chi connectivity index (χ4n) is 3.55. The smallest absolute Gasteiger partial charge is 0.445 e. The van der Waals surface area contributed by atoms with E-state index in [1.54, 1.807) is 0 Å². The molecule has 6 heteroatoms. The lowest BCUT2D eigenvalue weighted by Crippen LogP contribution is -2.41. The van der Waals surface area contributed by atoms with Gasteiger partial charge in [-0.3, -0.25) is 0 Å². The topological polar surface area (TPSA) is 48.0 Å². The molecule has 2 aromatic carbocycles. The van der Waals surface area contributed by atoms with Gasteiger partial charge in [0, 0.05) is 12.6 Å². The zero-order valence-corrected chi connectivity index (χ0v) is 18.3. The van der Waals surface area contributed by atoms with Gasteiger partial charge in [0.2, 0.25) is 0 Å². The summed E-state index contributed by atoms with van der Waals surface area (Å²) in [6, 6.07) is 18.1. The SMILES string of the molecule is CC1(C)OB(c2cccc(CN(C(=O)OCc3ccccc3)C3CC3)c2)OC1(C)C. The highest BCUT2D eigenvalue weighted by molar-refractivity contribution is 6.62. The molecule has 2 aromatic rings. The van der Waals surface area contributed by atoms with Crippen molar-refractivity contribution >= 4 is 18.7 Å². The fourth-order valence-corrected chi connectivity index (χ4v) is 3.55. The Balaban J connectivity index is 1.43. The van der Waals surface area contributed by atoms with Crippen LogP contribution in [-0.4, -0.2) is 35.4 Å². The molecule has 2 fully saturated rings. The monoisotopic (exact) mass is 407 g/mol. The highest BCUT2D eigenvalue weighted by Crippen LogP contribution is 2.36. The molecule has 1 amide bonds. The van der Waals surface area contributed by atoms with Crippen molar-refractivity contribution in [3.63, 3.8) is 0 Å². The molecule has 2 aliphatic rings. The molecule has 1 saturated heterocycles. The first-order valence-corrected chi connectivity index (χ1v) is 10.7. The Morgan fingerprint density at radius 1 is 1.00 bits per heavy atom. The third-order valence-corrected chi connectivity index (χ3v) is 6.26. The van der Waals surface area contributed by atoms with Crippen LogP contribution in [0, 0.1) is 0 Å². The predicted octanol–water partition coefficient (Wildman–Crippen LogP) is 4.29. The van der Waals surface area contributed by atoms with Crippen molar-refractivity contribution in [1.82, 2.24) is 4.90 Å². The molecule has 0 unspecified atom stereocenters. The van der Waals surface area contributed by atoms with Crippen molar-refractivity contribution in [2.24, 2.45) is 0 Å². The van der Waals surface area contributed by atoms with Gasteiger partial charge in [0.05, 0.1) is 11.2 Å². The van der Waals surface area contributed by atoms with Crippen molar-refractivity contribution in [2.45, 2.75) is 70.9 Å². The van der Waals surface area contributed by atoms with E-state index in [9.17, 15) is 4.79 Å². The number of amides is 1. The summed E-state index contributed by atoms with van der Waals surface area (Å²) < 4.78 is 17.9. The van der Waals surface area contributed by atoms with E-state index in [0.717, 1.165) is 29.4 Å². The fraction of sp³-hybridized carbons (Fsp3) is 0.458. The van der Waals surface area contributed by atoms with Crippen LogP contribution in [0.3, 0.4) is 0 Å². The maximum atomic E-state index is 12.8. The van der Waals surface area contributed by atoms with Gasteiger partial charge < -0.3 is 18.9 Å². The number of carbonyl (C=O) groups is 1. The number of carbonyl (C=O) groups excluding carboxylic acids is 1. The van der Waals surface area contributed by atoms with Crippen molar-refractivity contribution in [2.75, 3.05) is 0 Å². The summed E-state index contributed by atoms with van der Waals surface area (Å²) in [5, 5.41) is 0. The van der Waals surface area contributed by atoms with E-state index in [1.807, 2.05) is 53.4 Å². The molecule has 30 heavy (non-hydrogen) atoms. The number of benzene rings is 2. The van der Waals surface area contributed by atoms with Crippen LogP contribution in [0.2, 0.25) is 0 Å². The molecule has 0 atom stereocenters. The summed E-state index contributed by atoms with van der Waals surface area (Å²) >= 11 is 0. The molecule has 0 bridgehead atoms. The molecular weight excluding hydrogens is 377 g/mol. The third kappa shape index (κ3) is 4.55. The normalized spacial score (nSPS) is 19.5. The molecule has 0 spiro atoms. The van der Waals surface area contributed by atoms with Gasteiger partial charge in [-0.1, -0.05) is 54.6 Å². The Morgan fingerprint density at radius 2 is 1.63 bits per heavy atom. The number of ether oxygens (including phenoxy) is 1. The highest BCUT2D eigenvalue weighted by Gasteiger charge is 2.51. The molecule has 0 N–H and O–H groups in total. The maximum absolute atomic E-state index is 12.8. The Morgan fingerprint density at radius 3 is 2.27 bits per heavy atom. The lowest BCUT2D eigenvalue weighted by Gasteiger charge is -2.32. The molecule has 5 nitrogen and oxygen atoms in total. The van der Waals surface area contributed by atoms with Crippen LogP contribution in [0.1, 0.15) is 51.7 Å². The second-order valence-electron chi connectivity index (χ2n) is 9.23.